The normalized spacial score (nSPS) is 19.8. The number of hydrogen-bond acceptors (Lipinski definition) is 7. The maximum absolute atomic E-state index is 13.7. The molecule has 0 atom stereocenters. The quantitative estimate of drug-likeness (QED) is 0.301. The summed E-state index contributed by atoms with van der Waals surface area (Å²) >= 11 is 0. The van der Waals surface area contributed by atoms with E-state index in [4.69, 9.17) is 9.47 Å². The molecule has 2 N–H and O–H groups in total. The van der Waals surface area contributed by atoms with Gasteiger partial charge in [0.05, 0.1) is 48.2 Å². The van der Waals surface area contributed by atoms with E-state index >= 15 is 0 Å². The van der Waals surface area contributed by atoms with E-state index in [0.717, 1.165) is 63.9 Å². The minimum absolute atomic E-state index is 0.114. The predicted molar refractivity (Wildman–Crippen MR) is 166 cm³/mol. The lowest BCUT2D eigenvalue weighted by Crippen LogP contribution is -2.46. The molecule has 1 aliphatic carbocycles. The standard InChI is InChI=1S/C32H39F3N4O4S/c1-3-43-31-21-26(44(2,40)41)13-14-29(31)36-15-5-6-25-20-27-28(7-4-8-30(27)39(25)22-32(33,34)35)37-23-9-11-24(12-10-23)38-16-18-42-19-17-38/h4,7-8,13-14,20-21,23-24,36-37H,3,9-12,15-19,22H2,1-2H3/t23-,24-. The van der Waals surface area contributed by atoms with Gasteiger partial charge in [-0.2, -0.15) is 13.2 Å². The van der Waals surface area contributed by atoms with Crippen LogP contribution in [0, 0.1) is 11.8 Å². The average molecular weight is 633 g/mol. The Bertz CT molecular complexity index is 1610. The number of benzene rings is 2. The van der Waals surface area contributed by atoms with Gasteiger partial charge >= 0.3 is 6.18 Å². The van der Waals surface area contributed by atoms with E-state index in [1.54, 1.807) is 31.2 Å². The van der Waals surface area contributed by atoms with Crippen LogP contribution >= 0.6 is 0 Å². The molecule has 1 aliphatic heterocycles. The number of aromatic nitrogens is 1. The van der Waals surface area contributed by atoms with E-state index in [0.29, 0.717) is 35.0 Å². The van der Waals surface area contributed by atoms with Gasteiger partial charge < -0.3 is 24.7 Å². The Kier molecular flexibility index (Phi) is 9.97. The van der Waals surface area contributed by atoms with Crippen LogP contribution in [0.5, 0.6) is 5.75 Å². The average Bonchev–Trinajstić information content (AvgIpc) is 3.33. The van der Waals surface area contributed by atoms with Crippen molar-refractivity contribution in [2.75, 3.05) is 56.3 Å². The van der Waals surface area contributed by atoms with E-state index < -0.39 is 22.6 Å². The first-order chi connectivity index (χ1) is 21.0. The highest BCUT2D eigenvalue weighted by atomic mass is 32.2. The zero-order valence-electron chi connectivity index (χ0n) is 25.0. The molecule has 0 unspecified atom stereocenters. The third-order valence-corrected chi connectivity index (χ3v) is 9.28. The minimum Gasteiger partial charge on any atom is -0.492 e. The predicted octanol–water partition coefficient (Wildman–Crippen LogP) is 5.52. The molecule has 2 aromatic carbocycles. The first kappa shape index (κ1) is 32.0. The zero-order chi connectivity index (χ0) is 31.3. The summed E-state index contributed by atoms with van der Waals surface area (Å²) in [5.41, 5.74) is 2.09. The highest BCUT2D eigenvalue weighted by Crippen LogP contribution is 2.33. The number of anilines is 2. The van der Waals surface area contributed by atoms with Crippen LogP contribution in [0.15, 0.2) is 47.4 Å². The van der Waals surface area contributed by atoms with Crippen LogP contribution in [0.4, 0.5) is 24.5 Å². The van der Waals surface area contributed by atoms with Crippen molar-refractivity contribution in [1.29, 1.82) is 0 Å². The van der Waals surface area contributed by atoms with Crippen molar-refractivity contribution in [3.8, 4) is 17.6 Å². The topological polar surface area (TPSA) is 84.8 Å². The molecule has 1 saturated heterocycles. The monoisotopic (exact) mass is 632 g/mol. The minimum atomic E-state index is -4.42. The summed E-state index contributed by atoms with van der Waals surface area (Å²) in [6, 6.07) is 12.4. The number of alkyl halides is 3. The number of sulfone groups is 1. The number of nitrogens with one attached hydrogen (secondary N) is 2. The second-order valence-electron chi connectivity index (χ2n) is 11.3. The smallest absolute Gasteiger partial charge is 0.406 e. The van der Waals surface area contributed by atoms with Crippen molar-refractivity contribution in [1.82, 2.24) is 9.47 Å². The van der Waals surface area contributed by atoms with Gasteiger partial charge in [0.25, 0.3) is 0 Å². The lowest BCUT2D eigenvalue weighted by molar-refractivity contribution is -0.140. The maximum Gasteiger partial charge on any atom is 0.406 e. The second-order valence-corrected chi connectivity index (χ2v) is 13.3. The molecule has 12 heteroatoms. The fraction of sp³-hybridized carbons (Fsp3) is 0.500. The van der Waals surface area contributed by atoms with Gasteiger partial charge in [-0.1, -0.05) is 12.0 Å². The van der Waals surface area contributed by atoms with E-state index in [9.17, 15) is 21.6 Å². The van der Waals surface area contributed by atoms with Crippen LogP contribution in [-0.2, 0) is 21.1 Å². The van der Waals surface area contributed by atoms with Gasteiger partial charge in [0.2, 0.25) is 0 Å². The van der Waals surface area contributed by atoms with Crippen molar-refractivity contribution < 1.29 is 31.1 Å². The first-order valence-corrected chi connectivity index (χ1v) is 16.9. The molecular weight excluding hydrogens is 593 g/mol. The lowest BCUT2D eigenvalue weighted by Gasteiger charge is -2.39. The Labute approximate surface area is 256 Å². The Balaban J connectivity index is 1.33. The van der Waals surface area contributed by atoms with Crippen LogP contribution in [0.25, 0.3) is 10.9 Å². The van der Waals surface area contributed by atoms with Crippen LogP contribution in [0.3, 0.4) is 0 Å². The Morgan fingerprint density at radius 2 is 1.80 bits per heavy atom. The summed E-state index contributed by atoms with van der Waals surface area (Å²) in [6.07, 6.45) is 0.844. The number of ether oxygens (including phenoxy) is 2. The van der Waals surface area contributed by atoms with Gasteiger partial charge in [-0.3, -0.25) is 4.90 Å². The summed E-state index contributed by atoms with van der Waals surface area (Å²) in [4.78, 5) is 2.64. The molecule has 0 bridgehead atoms. The number of halogens is 3. The van der Waals surface area contributed by atoms with E-state index in [1.807, 2.05) is 6.07 Å². The highest BCUT2D eigenvalue weighted by molar-refractivity contribution is 7.90. The van der Waals surface area contributed by atoms with Gasteiger partial charge in [-0.15, -0.1) is 0 Å². The maximum atomic E-state index is 13.7. The van der Waals surface area contributed by atoms with E-state index in [-0.39, 0.29) is 23.2 Å². The van der Waals surface area contributed by atoms with Crippen molar-refractivity contribution in [2.24, 2.45) is 0 Å². The largest absolute Gasteiger partial charge is 0.492 e. The molecule has 1 saturated carbocycles. The summed E-state index contributed by atoms with van der Waals surface area (Å²) < 4.78 is 77.2. The first-order valence-electron chi connectivity index (χ1n) is 15.0. The SMILES string of the molecule is CCOc1cc(S(C)(=O)=O)ccc1NCC#Cc1cc2c(N[C@H]3CC[C@H](N4CCOCC4)CC3)cccc2n1CC(F)(F)F. The van der Waals surface area contributed by atoms with Gasteiger partial charge in [0, 0.05) is 48.6 Å². The van der Waals surface area contributed by atoms with Crippen LogP contribution in [0.1, 0.15) is 38.3 Å². The van der Waals surface area contributed by atoms with Gasteiger partial charge in [0.1, 0.15) is 12.3 Å². The molecule has 2 heterocycles. The molecule has 0 spiro atoms. The lowest BCUT2D eigenvalue weighted by atomic mass is 9.89. The summed E-state index contributed by atoms with van der Waals surface area (Å²) in [5.74, 6) is 6.22. The van der Waals surface area contributed by atoms with Gasteiger partial charge in [-0.25, -0.2) is 8.42 Å². The van der Waals surface area contributed by atoms with Crippen LogP contribution in [0.2, 0.25) is 0 Å². The van der Waals surface area contributed by atoms with Crippen LogP contribution in [-0.4, -0.2) is 81.9 Å². The molecular formula is C32H39F3N4O4S. The van der Waals surface area contributed by atoms with Gasteiger partial charge in [-0.05, 0) is 68.9 Å². The van der Waals surface area contributed by atoms with Crippen LogP contribution < -0.4 is 15.4 Å². The second kappa shape index (κ2) is 13.7. The number of fused-ring (bicyclic) bond motifs is 1. The molecule has 0 radical (unpaired) electrons. The van der Waals surface area contributed by atoms with E-state index in [2.05, 4.69) is 27.4 Å². The number of hydrogen-bond donors (Lipinski definition) is 2. The summed E-state index contributed by atoms with van der Waals surface area (Å²) in [6.45, 7) is 4.58. The molecule has 5 rings (SSSR count). The Hall–Kier alpha value is -3.40. The summed E-state index contributed by atoms with van der Waals surface area (Å²) in [5, 5.41) is 7.42. The molecule has 0 amide bonds. The Morgan fingerprint density at radius 1 is 1.05 bits per heavy atom. The number of nitrogens with zero attached hydrogens (tertiary/aromatic N) is 2. The fourth-order valence-electron chi connectivity index (χ4n) is 6.04. The zero-order valence-corrected chi connectivity index (χ0v) is 25.9. The van der Waals surface area contributed by atoms with Gasteiger partial charge in [0.15, 0.2) is 9.84 Å². The molecule has 238 valence electrons. The molecule has 2 fully saturated rings. The summed E-state index contributed by atoms with van der Waals surface area (Å²) in [7, 11) is -3.42. The van der Waals surface area contributed by atoms with Crippen molar-refractivity contribution in [2.45, 2.75) is 62.3 Å². The molecule has 8 nitrogen and oxygen atoms in total. The third-order valence-electron chi connectivity index (χ3n) is 8.17. The number of rotatable bonds is 9. The van der Waals surface area contributed by atoms with E-state index in [1.165, 1.54) is 16.7 Å². The van der Waals surface area contributed by atoms with Crippen molar-refractivity contribution in [3.63, 3.8) is 0 Å². The molecule has 1 aromatic heterocycles. The fourth-order valence-corrected chi connectivity index (χ4v) is 6.68. The highest BCUT2D eigenvalue weighted by Gasteiger charge is 2.31. The van der Waals surface area contributed by atoms with Crippen molar-refractivity contribution >= 4 is 32.1 Å². The third kappa shape index (κ3) is 8.00. The molecule has 2 aliphatic rings. The Morgan fingerprint density at radius 3 is 2.48 bits per heavy atom. The number of morpholine rings is 1. The van der Waals surface area contributed by atoms with Crippen molar-refractivity contribution in [3.05, 3.63) is 48.2 Å². The molecule has 44 heavy (non-hydrogen) atoms. The molecule has 3 aromatic rings.